The van der Waals surface area contributed by atoms with E-state index in [2.05, 4.69) is 43.2 Å². The maximum absolute atomic E-state index is 9.21. The van der Waals surface area contributed by atoms with Gasteiger partial charge in [0.15, 0.2) is 0 Å². The molecule has 1 aromatic carbocycles. The Hall–Kier alpha value is -1.88. The van der Waals surface area contributed by atoms with E-state index < -0.39 is 0 Å². The molecule has 0 radical (unpaired) electrons. The number of hydrogen-bond donors (Lipinski definition) is 1. The molecule has 0 aliphatic carbocycles. The maximum atomic E-state index is 9.21. The molecule has 120 valence electrons. The molecule has 5 nitrogen and oxygen atoms in total. The first-order valence-electron chi connectivity index (χ1n) is 7.71. The minimum absolute atomic E-state index is 0.0711. The van der Waals surface area contributed by atoms with Gasteiger partial charge in [0.25, 0.3) is 0 Å². The third-order valence-corrected chi connectivity index (χ3v) is 3.69. The van der Waals surface area contributed by atoms with E-state index in [1.54, 1.807) is 4.68 Å². The molecule has 2 rings (SSSR count). The second-order valence-corrected chi connectivity index (χ2v) is 6.34. The summed E-state index contributed by atoms with van der Waals surface area (Å²) in [5, 5.41) is 17.3. The smallest absolute Gasteiger partial charge is 0.119 e. The zero-order valence-corrected chi connectivity index (χ0v) is 13.8. The van der Waals surface area contributed by atoms with E-state index in [9.17, 15) is 5.11 Å². The Bertz CT molecular complexity index is 597. The number of nitrogens with zero attached hydrogens (tertiary/aromatic N) is 3. The lowest BCUT2D eigenvalue weighted by Crippen LogP contribution is -2.13. The number of rotatable bonds is 6. The Labute approximate surface area is 131 Å². The van der Waals surface area contributed by atoms with E-state index in [0.29, 0.717) is 18.8 Å². The van der Waals surface area contributed by atoms with E-state index in [4.69, 9.17) is 4.74 Å². The van der Waals surface area contributed by atoms with Crippen LogP contribution in [0.5, 0.6) is 5.75 Å². The van der Waals surface area contributed by atoms with Gasteiger partial charge in [0.2, 0.25) is 0 Å². The van der Waals surface area contributed by atoms with Gasteiger partial charge in [-0.05, 0) is 29.5 Å². The minimum Gasteiger partial charge on any atom is -0.492 e. The molecular weight excluding hydrogens is 278 g/mol. The largest absolute Gasteiger partial charge is 0.492 e. The van der Waals surface area contributed by atoms with Crippen molar-refractivity contribution >= 4 is 0 Å². The maximum Gasteiger partial charge on any atom is 0.119 e. The molecule has 0 amide bonds. The zero-order chi connectivity index (χ0) is 16.2. The number of hydrogen-bond acceptors (Lipinski definition) is 4. The van der Waals surface area contributed by atoms with Gasteiger partial charge in [-0.1, -0.05) is 45.0 Å². The van der Waals surface area contributed by atoms with Crippen molar-refractivity contribution in [2.45, 2.75) is 52.7 Å². The lowest BCUT2D eigenvalue weighted by Gasteiger charge is -2.19. The molecule has 0 fully saturated rings. The first kappa shape index (κ1) is 16.5. The SMILES string of the molecule is CCc1c(CO)nnn1CCOc1ccc(C(C)(C)C)cc1. The summed E-state index contributed by atoms with van der Waals surface area (Å²) in [7, 11) is 0. The molecule has 5 heteroatoms. The fourth-order valence-electron chi connectivity index (χ4n) is 2.36. The lowest BCUT2D eigenvalue weighted by molar-refractivity contribution is 0.274. The van der Waals surface area contributed by atoms with Gasteiger partial charge in [0.05, 0.1) is 18.8 Å². The van der Waals surface area contributed by atoms with E-state index in [-0.39, 0.29) is 12.0 Å². The quantitative estimate of drug-likeness (QED) is 0.891. The van der Waals surface area contributed by atoms with E-state index in [0.717, 1.165) is 17.9 Å². The van der Waals surface area contributed by atoms with Gasteiger partial charge >= 0.3 is 0 Å². The van der Waals surface area contributed by atoms with Crippen molar-refractivity contribution < 1.29 is 9.84 Å². The van der Waals surface area contributed by atoms with E-state index in [1.807, 2.05) is 19.1 Å². The number of aliphatic hydroxyl groups excluding tert-OH is 1. The summed E-state index contributed by atoms with van der Waals surface area (Å²) in [6, 6.07) is 8.21. The lowest BCUT2D eigenvalue weighted by atomic mass is 9.87. The van der Waals surface area contributed by atoms with Gasteiger partial charge in [-0.25, -0.2) is 4.68 Å². The first-order valence-corrected chi connectivity index (χ1v) is 7.71. The second kappa shape index (κ2) is 6.92. The summed E-state index contributed by atoms with van der Waals surface area (Å²) in [5.41, 5.74) is 3.05. The molecule has 0 atom stereocenters. The van der Waals surface area contributed by atoms with Crippen molar-refractivity contribution in [1.29, 1.82) is 0 Å². The van der Waals surface area contributed by atoms with Crippen molar-refractivity contribution in [1.82, 2.24) is 15.0 Å². The third-order valence-electron chi connectivity index (χ3n) is 3.69. The van der Waals surface area contributed by atoms with Crippen LogP contribution in [0.4, 0.5) is 0 Å². The number of ether oxygens (including phenoxy) is 1. The van der Waals surface area contributed by atoms with Crippen LogP contribution in [-0.2, 0) is 25.0 Å². The fourth-order valence-corrected chi connectivity index (χ4v) is 2.36. The predicted octanol–water partition coefficient (Wildman–Crippen LogP) is 2.71. The van der Waals surface area contributed by atoms with E-state index in [1.165, 1.54) is 5.56 Å². The van der Waals surface area contributed by atoms with Crippen LogP contribution in [0.1, 0.15) is 44.6 Å². The topological polar surface area (TPSA) is 60.2 Å². The van der Waals surface area contributed by atoms with Crippen LogP contribution in [0.3, 0.4) is 0 Å². The highest BCUT2D eigenvalue weighted by Gasteiger charge is 2.13. The molecule has 0 spiro atoms. The summed E-state index contributed by atoms with van der Waals surface area (Å²) < 4.78 is 7.57. The first-order chi connectivity index (χ1) is 10.5. The van der Waals surface area contributed by atoms with E-state index >= 15 is 0 Å². The van der Waals surface area contributed by atoms with Gasteiger partial charge in [-0.2, -0.15) is 0 Å². The van der Waals surface area contributed by atoms with Gasteiger partial charge in [-0.3, -0.25) is 0 Å². The van der Waals surface area contributed by atoms with Crippen LogP contribution < -0.4 is 4.74 Å². The highest BCUT2D eigenvalue weighted by atomic mass is 16.5. The summed E-state index contributed by atoms with van der Waals surface area (Å²) in [6.45, 7) is 9.68. The average Bonchev–Trinajstić information content (AvgIpc) is 2.89. The van der Waals surface area contributed by atoms with Crippen molar-refractivity contribution in [3.8, 4) is 5.75 Å². The van der Waals surface area contributed by atoms with Crippen molar-refractivity contribution in [3.63, 3.8) is 0 Å². The predicted molar refractivity (Wildman–Crippen MR) is 86.0 cm³/mol. The Balaban J connectivity index is 1.93. The van der Waals surface area contributed by atoms with Crippen LogP contribution in [-0.4, -0.2) is 26.7 Å². The summed E-state index contributed by atoms with van der Waals surface area (Å²) in [5.74, 6) is 0.855. The number of benzene rings is 1. The monoisotopic (exact) mass is 303 g/mol. The minimum atomic E-state index is -0.0711. The summed E-state index contributed by atoms with van der Waals surface area (Å²) in [4.78, 5) is 0. The number of aliphatic hydroxyl groups is 1. The highest BCUT2D eigenvalue weighted by Crippen LogP contribution is 2.24. The van der Waals surface area contributed by atoms with Gasteiger partial charge in [-0.15, -0.1) is 5.10 Å². The molecule has 0 saturated heterocycles. The Morgan fingerprint density at radius 2 is 1.86 bits per heavy atom. The van der Waals surface area contributed by atoms with Crippen LogP contribution in [0.2, 0.25) is 0 Å². The Morgan fingerprint density at radius 1 is 1.18 bits per heavy atom. The van der Waals surface area contributed by atoms with Crippen molar-refractivity contribution in [3.05, 3.63) is 41.2 Å². The average molecular weight is 303 g/mol. The summed E-state index contributed by atoms with van der Waals surface area (Å²) in [6.07, 6.45) is 0.795. The Kier molecular flexibility index (Phi) is 5.19. The van der Waals surface area contributed by atoms with Crippen LogP contribution in [0.15, 0.2) is 24.3 Å². The molecule has 1 aromatic heterocycles. The van der Waals surface area contributed by atoms with Crippen molar-refractivity contribution in [2.24, 2.45) is 0 Å². The third kappa shape index (κ3) is 3.85. The molecule has 22 heavy (non-hydrogen) atoms. The molecule has 0 aliphatic heterocycles. The van der Waals surface area contributed by atoms with Crippen molar-refractivity contribution in [2.75, 3.05) is 6.61 Å². The zero-order valence-electron chi connectivity index (χ0n) is 13.8. The molecular formula is C17H25N3O2. The second-order valence-electron chi connectivity index (χ2n) is 6.34. The van der Waals surface area contributed by atoms with Gasteiger partial charge in [0.1, 0.15) is 18.1 Å². The van der Waals surface area contributed by atoms with Crippen LogP contribution in [0.25, 0.3) is 0 Å². The van der Waals surface area contributed by atoms with Gasteiger partial charge < -0.3 is 9.84 Å². The fraction of sp³-hybridized carbons (Fsp3) is 0.529. The normalized spacial score (nSPS) is 11.7. The Morgan fingerprint density at radius 3 is 2.41 bits per heavy atom. The molecule has 0 bridgehead atoms. The molecule has 0 aliphatic rings. The molecule has 1 heterocycles. The molecule has 2 aromatic rings. The molecule has 1 N–H and O–H groups in total. The number of aromatic nitrogens is 3. The highest BCUT2D eigenvalue weighted by molar-refractivity contribution is 5.31. The standard InChI is InChI=1S/C17H25N3O2/c1-5-16-15(12-21)18-19-20(16)10-11-22-14-8-6-13(7-9-14)17(2,3)4/h6-9,21H,5,10-12H2,1-4H3. The van der Waals surface area contributed by atoms with Crippen LogP contribution in [0, 0.1) is 0 Å². The van der Waals surface area contributed by atoms with Gasteiger partial charge in [0, 0.05) is 0 Å². The molecule has 0 unspecified atom stereocenters. The molecule has 0 saturated carbocycles. The summed E-state index contributed by atoms with van der Waals surface area (Å²) >= 11 is 0. The van der Waals surface area contributed by atoms with Crippen LogP contribution >= 0.6 is 0 Å².